The molecule has 0 atom stereocenters. The molecule has 6 nitrogen and oxygen atoms in total. The molecule has 2 heterocycles. The quantitative estimate of drug-likeness (QED) is 0.568. The van der Waals surface area contributed by atoms with E-state index in [4.69, 9.17) is 14.7 Å². The van der Waals surface area contributed by atoms with Gasteiger partial charge in [-0.05, 0) is 23.6 Å². The van der Waals surface area contributed by atoms with Crippen molar-refractivity contribution in [1.82, 2.24) is 10.5 Å². The molecule has 1 aromatic carbocycles. The highest BCUT2D eigenvalue weighted by molar-refractivity contribution is 6.05. The van der Waals surface area contributed by atoms with Crippen molar-refractivity contribution >= 4 is 16.7 Å². The van der Waals surface area contributed by atoms with Crippen molar-refractivity contribution in [3.05, 3.63) is 30.1 Å². The Morgan fingerprint density at radius 3 is 2.88 bits per heavy atom. The number of fused-ring (bicyclic) bond motifs is 2. The summed E-state index contributed by atoms with van der Waals surface area (Å²) in [5.41, 5.74) is 1.71. The van der Waals surface area contributed by atoms with Crippen molar-refractivity contribution < 1.29 is 19.5 Å². The Balaban J connectivity index is 2.28. The molecule has 2 aromatic rings. The summed E-state index contributed by atoms with van der Waals surface area (Å²) < 4.78 is 10.5. The van der Waals surface area contributed by atoms with E-state index >= 15 is 0 Å². The van der Waals surface area contributed by atoms with E-state index in [2.05, 4.69) is 4.98 Å². The van der Waals surface area contributed by atoms with Gasteiger partial charge in [-0.1, -0.05) is 0 Å². The summed E-state index contributed by atoms with van der Waals surface area (Å²) in [5.74, 6) is 0.547. The number of hydrogen-bond donors (Lipinski definition) is 2. The Kier molecular flexibility index (Phi) is 2.09. The number of ether oxygens (including phenoxy) is 2. The Bertz CT molecular complexity index is 612. The van der Waals surface area contributed by atoms with Gasteiger partial charge in [-0.2, -0.15) is 0 Å². The second-order valence-electron chi connectivity index (χ2n) is 3.53. The molecular formula is C11H8N2O4. The zero-order chi connectivity index (χ0) is 11.8. The number of nitrogens with zero attached hydrogens (tertiary/aromatic N) is 1. The molecule has 3 rings (SSSR count). The fourth-order valence-electron chi connectivity index (χ4n) is 1.80. The van der Waals surface area contributed by atoms with Gasteiger partial charge in [-0.25, -0.2) is 5.48 Å². The summed E-state index contributed by atoms with van der Waals surface area (Å²) >= 11 is 0. The predicted octanol–water partition coefficient (Wildman–Crippen LogP) is 1.08. The standard InChI is InChI=1S/C11H8N2O4/c14-11(13-15)10-7-4-9-8(16-5-17-9)3-6(7)1-2-12-10/h1-4,15H,5H2,(H,13,14). The Morgan fingerprint density at radius 2 is 2.12 bits per heavy atom. The number of carbonyl (C=O) groups is 1. The predicted molar refractivity (Wildman–Crippen MR) is 57.1 cm³/mol. The van der Waals surface area contributed by atoms with Gasteiger partial charge in [-0.15, -0.1) is 0 Å². The first kappa shape index (κ1) is 9.86. The van der Waals surface area contributed by atoms with Crippen molar-refractivity contribution in [3.63, 3.8) is 0 Å². The van der Waals surface area contributed by atoms with Crippen LogP contribution in [-0.4, -0.2) is 22.9 Å². The minimum atomic E-state index is -0.658. The molecule has 1 aliphatic rings. The first-order chi connectivity index (χ1) is 8.29. The molecular weight excluding hydrogens is 224 g/mol. The third kappa shape index (κ3) is 1.46. The number of hydrogen-bond acceptors (Lipinski definition) is 5. The second-order valence-corrected chi connectivity index (χ2v) is 3.53. The molecule has 0 fully saturated rings. The van der Waals surface area contributed by atoms with Gasteiger partial charge in [0.25, 0.3) is 5.91 Å². The molecule has 0 unspecified atom stereocenters. The third-order valence-corrected chi connectivity index (χ3v) is 2.57. The molecule has 1 aliphatic heterocycles. The largest absolute Gasteiger partial charge is 0.454 e. The molecule has 0 saturated carbocycles. The molecule has 1 aromatic heterocycles. The van der Waals surface area contributed by atoms with E-state index in [1.54, 1.807) is 23.7 Å². The number of aromatic nitrogens is 1. The number of amides is 1. The highest BCUT2D eigenvalue weighted by atomic mass is 16.7. The topological polar surface area (TPSA) is 80.7 Å². The van der Waals surface area contributed by atoms with Crippen LogP contribution in [0.1, 0.15) is 10.5 Å². The lowest BCUT2D eigenvalue weighted by Gasteiger charge is -2.04. The molecule has 17 heavy (non-hydrogen) atoms. The van der Waals surface area contributed by atoms with Gasteiger partial charge < -0.3 is 9.47 Å². The minimum Gasteiger partial charge on any atom is -0.454 e. The highest BCUT2D eigenvalue weighted by Crippen LogP contribution is 2.36. The fraction of sp³-hybridized carbons (Fsp3) is 0.0909. The molecule has 86 valence electrons. The number of rotatable bonds is 1. The van der Waals surface area contributed by atoms with E-state index in [-0.39, 0.29) is 12.5 Å². The number of benzene rings is 1. The normalized spacial score (nSPS) is 12.8. The van der Waals surface area contributed by atoms with E-state index in [1.807, 2.05) is 0 Å². The van der Waals surface area contributed by atoms with Gasteiger partial charge in [0.1, 0.15) is 5.69 Å². The van der Waals surface area contributed by atoms with Crippen LogP contribution >= 0.6 is 0 Å². The molecule has 0 aliphatic carbocycles. The van der Waals surface area contributed by atoms with Gasteiger partial charge >= 0.3 is 0 Å². The van der Waals surface area contributed by atoms with Crippen LogP contribution in [0.15, 0.2) is 24.4 Å². The minimum absolute atomic E-state index is 0.142. The summed E-state index contributed by atoms with van der Waals surface area (Å²) in [4.78, 5) is 15.4. The lowest BCUT2D eigenvalue weighted by molar-refractivity contribution is 0.0703. The molecule has 0 spiro atoms. The zero-order valence-electron chi connectivity index (χ0n) is 8.64. The van der Waals surface area contributed by atoms with Crippen LogP contribution < -0.4 is 15.0 Å². The average Bonchev–Trinajstić information content (AvgIpc) is 2.81. The van der Waals surface area contributed by atoms with E-state index < -0.39 is 5.91 Å². The average molecular weight is 232 g/mol. The molecule has 1 amide bonds. The summed E-state index contributed by atoms with van der Waals surface area (Å²) in [6, 6.07) is 5.20. The number of hydroxylamine groups is 1. The monoisotopic (exact) mass is 232 g/mol. The van der Waals surface area contributed by atoms with Crippen molar-refractivity contribution in [3.8, 4) is 11.5 Å². The van der Waals surface area contributed by atoms with Gasteiger partial charge in [0.2, 0.25) is 6.79 Å². The zero-order valence-corrected chi connectivity index (χ0v) is 8.64. The fourth-order valence-corrected chi connectivity index (χ4v) is 1.80. The van der Waals surface area contributed by atoms with Crippen molar-refractivity contribution in [1.29, 1.82) is 0 Å². The molecule has 0 saturated heterocycles. The lowest BCUT2D eigenvalue weighted by Crippen LogP contribution is -2.20. The first-order valence-corrected chi connectivity index (χ1v) is 4.92. The van der Waals surface area contributed by atoms with Crippen LogP contribution in [0, 0.1) is 0 Å². The van der Waals surface area contributed by atoms with E-state index in [1.165, 1.54) is 6.20 Å². The number of carbonyl (C=O) groups excluding carboxylic acids is 1. The van der Waals surface area contributed by atoms with Crippen molar-refractivity contribution in [2.45, 2.75) is 0 Å². The van der Waals surface area contributed by atoms with Gasteiger partial charge in [-0.3, -0.25) is 15.0 Å². The van der Waals surface area contributed by atoms with E-state index in [0.717, 1.165) is 5.39 Å². The third-order valence-electron chi connectivity index (χ3n) is 2.57. The Labute approximate surface area is 95.7 Å². The Morgan fingerprint density at radius 1 is 1.35 bits per heavy atom. The summed E-state index contributed by atoms with van der Waals surface area (Å²) in [7, 11) is 0. The first-order valence-electron chi connectivity index (χ1n) is 4.92. The lowest BCUT2D eigenvalue weighted by atomic mass is 10.1. The summed E-state index contributed by atoms with van der Waals surface area (Å²) in [5, 5.41) is 10.0. The highest BCUT2D eigenvalue weighted by Gasteiger charge is 2.18. The molecule has 2 N–H and O–H groups in total. The van der Waals surface area contributed by atoms with Crippen LogP contribution in [0.5, 0.6) is 11.5 Å². The smallest absolute Gasteiger partial charge is 0.293 e. The maximum Gasteiger partial charge on any atom is 0.293 e. The van der Waals surface area contributed by atoms with Crippen LogP contribution in [-0.2, 0) is 0 Å². The SMILES string of the molecule is O=C(NO)c1nccc2cc3c(cc12)OCO3. The van der Waals surface area contributed by atoms with Gasteiger partial charge in [0, 0.05) is 11.6 Å². The Hall–Kier alpha value is -2.34. The van der Waals surface area contributed by atoms with Crippen molar-refractivity contribution in [2.75, 3.05) is 6.79 Å². The van der Waals surface area contributed by atoms with Crippen LogP contribution in [0.25, 0.3) is 10.8 Å². The van der Waals surface area contributed by atoms with Crippen LogP contribution in [0.2, 0.25) is 0 Å². The maximum atomic E-state index is 11.4. The summed E-state index contributed by atoms with van der Waals surface area (Å²) in [6.07, 6.45) is 1.50. The van der Waals surface area contributed by atoms with Gasteiger partial charge in [0.05, 0.1) is 0 Å². The molecule has 0 bridgehead atoms. The number of pyridine rings is 1. The summed E-state index contributed by atoms with van der Waals surface area (Å²) in [6.45, 7) is 0.167. The van der Waals surface area contributed by atoms with Gasteiger partial charge in [0.15, 0.2) is 11.5 Å². The number of nitrogens with one attached hydrogen (secondary N) is 1. The second kappa shape index (κ2) is 3.60. The van der Waals surface area contributed by atoms with E-state index in [9.17, 15) is 4.79 Å². The van der Waals surface area contributed by atoms with Crippen molar-refractivity contribution in [2.24, 2.45) is 0 Å². The van der Waals surface area contributed by atoms with Crippen LogP contribution in [0.4, 0.5) is 0 Å². The van der Waals surface area contributed by atoms with Crippen LogP contribution in [0.3, 0.4) is 0 Å². The molecule has 6 heteroatoms. The maximum absolute atomic E-state index is 11.4. The molecule has 0 radical (unpaired) electrons. The van der Waals surface area contributed by atoms with E-state index in [0.29, 0.717) is 16.9 Å².